The molecule has 1 atom stereocenters. The zero-order valence-electron chi connectivity index (χ0n) is 28.4. The summed E-state index contributed by atoms with van der Waals surface area (Å²) in [4.78, 5) is 34.5. The van der Waals surface area contributed by atoms with E-state index in [1.807, 2.05) is 85.3 Å². The number of aromatic amines is 1. The molecule has 2 N–H and O–H groups in total. The standard InChI is InChI=1S/C38H37Cl2N5O5S/c1-23(2)21-44(38(47)50-24(3)4)30-14-9-26(10-15-30)25-5-7-27(8-6-25)36(37-41-20-34(42-37)32-18-13-29(39)19-33(32)40)28-11-16-31(17-12-28)45-22-35(46)43-51(45,48)49/h5-20,23-24,36H,21-22H2,1-4H3,(H,41,42)(H,43,46). The number of benzene rings is 4. The van der Waals surface area contributed by atoms with E-state index in [2.05, 4.69) is 18.8 Å². The Kier molecular flexibility index (Phi) is 10.4. The minimum absolute atomic E-state index is 0.223. The van der Waals surface area contributed by atoms with Crippen molar-refractivity contribution in [1.29, 1.82) is 0 Å². The van der Waals surface area contributed by atoms with Gasteiger partial charge in [0.1, 0.15) is 12.4 Å². The summed E-state index contributed by atoms with van der Waals surface area (Å²) >= 11 is 12.7. The first-order valence-electron chi connectivity index (χ1n) is 16.4. The van der Waals surface area contributed by atoms with E-state index in [4.69, 9.17) is 32.9 Å². The number of hydrogen-bond donors (Lipinski definition) is 2. The average Bonchev–Trinajstić information content (AvgIpc) is 3.66. The molecule has 264 valence electrons. The molecule has 2 amide bonds. The molecule has 13 heteroatoms. The number of hydrogen-bond acceptors (Lipinski definition) is 6. The number of carbonyl (C=O) groups excluding carboxylic acids is 2. The van der Waals surface area contributed by atoms with Crippen molar-refractivity contribution in [2.75, 3.05) is 22.3 Å². The Hall–Kier alpha value is -4.84. The second kappa shape index (κ2) is 14.8. The topological polar surface area (TPSA) is 125 Å². The van der Waals surface area contributed by atoms with E-state index >= 15 is 0 Å². The SMILES string of the molecule is CC(C)CN(C(=O)OC(C)C)c1ccc(-c2ccc(C(c3ccc(N4CC(=O)NS4(=O)=O)cc3)c3ncc(-c4ccc(Cl)cc4Cl)[nH]3)cc2)cc1. The molecule has 1 aliphatic heterocycles. The number of nitrogens with one attached hydrogen (secondary N) is 2. The van der Waals surface area contributed by atoms with E-state index in [0.29, 0.717) is 33.8 Å². The molecule has 0 spiro atoms. The molecular weight excluding hydrogens is 709 g/mol. The zero-order valence-corrected chi connectivity index (χ0v) is 30.8. The molecule has 0 radical (unpaired) electrons. The Morgan fingerprint density at radius 3 is 2.06 bits per heavy atom. The van der Waals surface area contributed by atoms with Crippen LogP contribution in [0.1, 0.15) is 50.6 Å². The fourth-order valence-electron chi connectivity index (χ4n) is 5.96. The largest absolute Gasteiger partial charge is 0.446 e. The fourth-order valence-corrected chi connectivity index (χ4v) is 7.62. The predicted octanol–water partition coefficient (Wildman–Crippen LogP) is 8.42. The van der Waals surface area contributed by atoms with E-state index in [0.717, 1.165) is 37.8 Å². The third-order valence-corrected chi connectivity index (χ3v) is 10.2. The minimum atomic E-state index is -3.95. The van der Waals surface area contributed by atoms with Crippen LogP contribution in [0.3, 0.4) is 0 Å². The molecule has 1 fully saturated rings. The Morgan fingerprint density at radius 2 is 1.51 bits per heavy atom. The molecule has 1 unspecified atom stereocenters. The smallest absolute Gasteiger partial charge is 0.414 e. The quantitative estimate of drug-likeness (QED) is 0.148. The van der Waals surface area contributed by atoms with Crippen molar-refractivity contribution in [3.63, 3.8) is 0 Å². The van der Waals surface area contributed by atoms with Crippen LogP contribution in [0.2, 0.25) is 10.0 Å². The maximum absolute atomic E-state index is 12.9. The van der Waals surface area contributed by atoms with Gasteiger partial charge in [-0.25, -0.2) is 18.8 Å². The lowest BCUT2D eigenvalue weighted by molar-refractivity contribution is -0.117. The van der Waals surface area contributed by atoms with Gasteiger partial charge in [-0.3, -0.25) is 9.69 Å². The average molecular weight is 747 g/mol. The van der Waals surface area contributed by atoms with Crippen LogP contribution < -0.4 is 13.9 Å². The first kappa shape index (κ1) is 36.0. The van der Waals surface area contributed by atoms with Crippen molar-refractivity contribution in [3.8, 4) is 22.4 Å². The van der Waals surface area contributed by atoms with Gasteiger partial charge in [0.05, 0.1) is 34.6 Å². The molecule has 4 aromatic carbocycles. The summed E-state index contributed by atoms with van der Waals surface area (Å²) in [7, 11) is -3.95. The molecule has 0 aliphatic carbocycles. The second-order valence-corrected chi connectivity index (χ2v) is 15.4. The molecule has 5 aromatic rings. The number of aromatic nitrogens is 2. The number of anilines is 2. The van der Waals surface area contributed by atoms with E-state index in [9.17, 15) is 18.0 Å². The van der Waals surface area contributed by atoms with Crippen molar-refractivity contribution in [2.24, 2.45) is 5.92 Å². The minimum Gasteiger partial charge on any atom is -0.446 e. The van der Waals surface area contributed by atoms with Gasteiger partial charge in [0.15, 0.2) is 0 Å². The number of carbonyl (C=O) groups is 2. The van der Waals surface area contributed by atoms with Crippen LogP contribution in [0.5, 0.6) is 0 Å². The van der Waals surface area contributed by atoms with Crippen LogP contribution in [0.4, 0.5) is 16.2 Å². The van der Waals surface area contributed by atoms with Gasteiger partial charge in [0, 0.05) is 22.8 Å². The number of nitrogens with zero attached hydrogens (tertiary/aromatic N) is 3. The first-order chi connectivity index (χ1) is 24.3. The maximum Gasteiger partial charge on any atom is 0.414 e. The first-order valence-corrected chi connectivity index (χ1v) is 18.6. The van der Waals surface area contributed by atoms with E-state index in [-0.39, 0.29) is 30.6 Å². The predicted molar refractivity (Wildman–Crippen MR) is 202 cm³/mol. The van der Waals surface area contributed by atoms with Crippen LogP contribution in [0, 0.1) is 5.92 Å². The molecule has 6 rings (SSSR count). The lowest BCUT2D eigenvalue weighted by atomic mass is 9.89. The summed E-state index contributed by atoms with van der Waals surface area (Å²) in [6.07, 6.45) is 1.12. The van der Waals surface area contributed by atoms with Gasteiger partial charge in [-0.05, 0) is 84.5 Å². The lowest BCUT2D eigenvalue weighted by Gasteiger charge is -2.25. The van der Waals surface area contributed by atoms with E-state index in [1.165, 1.54) is 0 Å². The third kappa shape index (κ3) is 8.06. The highest BCUT2D eigenvalue weighted by Crippen LogP contribution is 2.36. The van der Waals surface area contributed by atoms with Crippen LogP contribution in [-0.2, 0) is 19.7 Å². The molecule has 1 aromatic heterocycles. The Bertz CT molecular complexity index is 2150. The Labute approximate surface area is 307 Å². The third-order valence-electron chi connectivity index (χ3n) is 8.29. The molecule has 51 heavy (non-hydrogen) atoms. The molecular formula is C38H37Cl2N5O5S. The fraction of sp³-hybridized carbons (Fsp3) is 0.237. The Balaban J connectivity index is 1.32. The van der Waals surface area contributed by atoms with Gasteiger partial charge in [-0.2, -0.15) is 8.42 Å². The van der Waals surface area contributed by atoms with Gasteiger partial charge < -0.3 is 9.72 Å². The van der Waals surface area contributed by atoms with Gasteiger partial charge in [0.2, 0.25) is 0 Å². The number of imidazole rings is 1. The number of H-pyrrole nitrogens is 1. The van der Waals surface area contributed by atoms with Gasteiger partial charge in [-0.1, -0.05) is 85.6 Å². The van der Waals surface area contributed by atoms with Crippen LogP contribution in [0.15, 0.2) is 97.2 Å². The molecule has 1 aliphatic rings. The van der Waals surface area contributed by atoms with Crippen molar-refractivity contribution >= 4 is 56.8 Å². The molecule has 10 nitrogen and oxygen atoms in total. The molecule has 1 saturated heterocycles. The lowest BCUT2D eigenvalue weighted by Crippen LogP contribution is -2.36. The van der Waals surface area contributed by atoms with Crippen molar-refractivity contribution in [1.82, 2.24) is 14.7 Å². The highest BCUT2D eigenvalue weighted by Gasteiger charge is 2.34. The van der Waals surface area contributed by atoms with Gasteiger partial charge in [-0.15, -0.1) is 0 Å². The summed E-state index contributed by atoms with van der Waals surface area (Å²) in [5.74, 6) is -0.0621. The summed E-state index contributed by atoms with van der Waals surface area (Å²) in [6.45, 7) is 8.03. The van der Waals surface area contributed by atoms with Gasteiger partial charge in [0.25, 0.3) is 5.91 Å². The normalized spacial score (nSPS) is 14.5. The van der Waals surface area contributed by atoms with Gasteiger partial charge >= 0.3 is 16.3 Å². The van der Waals surface area contributed by atoms with Crippen molar-refractivity contribution in [2.45, 2.75) is 39.7 Å². The second-order valence-electron chi connectivity index (χ2n) is 13.0. The maximum atomic E-state index is 12.9. The molecule has 2 heterocycles. The number of ether oxygens (including phenoxy) is 1. The summed E-state index contributed by atoms with van der Waals surface area (Å²) in [5.41, 5.74) is 6.30. The number of rotatable bonds is 10. The Morgan fingerprint density at radius 1 is 0.902 bits per heavy atom. The van der Waals surface area contributed by atoms with E-state index in [1.54, 1.807) is 35.4 Å². The van der Waals surface area contributed by atoms with Crippen molar-refractivity contribution < 1.29 is 22.7 Å². The number of halogens is 2. The summed E-state index contributed by atoms with van der Waals surface area (Å²) < 4.78 is 33.5. The summed E-state index contributed by atoms with van der Waals surface area (Å²) in [6, 6.07) is 28.2. The highest BCUT2D eigenvalue weighted by molar-refractivity contribution is 7.92. The monoisotopic (exact) mass is 745 g/mol. The molecule has 0 saturated carbocycles. The highest BCUT2D eigenvalue weighted by atomic mass is 35.5. The van der Waals surface area contributed by atoms with Crippen LogP contribution >= 0.6 is 23.2 Å². The van der Waals surface area contributed by atoms with E-state index < -0.39 is 16.1 Å². The van der Waals surface area contributed by atoms with Crippen LogP contribution in [-0.4, -0.2) is 49.6 Å². The molecule has 0 bridgehead atoms. The number of amides is 2. The van der Waals surface area contributed by atoms with Crippen molar-refractivity contribution in [3.05, 3.63) is 124 Å². The zero-order chi connectivity index (χ0) is 36.4. The van der Waals surface area contributed by atoms with Crippen LogP contribution in [0.25, 0.3) is 22.4 Å². The summed E-state index contributed by atoms with van der Waals surface area (Å²) in [5, 5.41) is 1.00.